The summed E-state index contributed by atoms with van der Waals surface area (Å²) in [6.07, 6.45) is -2.94. The molecule has 0 aliphatic heterocycles. The molecule has 0 amide bonds. The fourth-order valence-electron chi connectivity index (χ4n) is 0.992. The minimum Gasteiger partial charge on any atom is -0.288 e. The quantitative estimate of drug-likeness (QED) is 0.735. The molecule has 0 saturated carbocycles. The highest BCUT2D eigenvalue weighted by Crippen LogP contribution is 2.21. The Morgan fingerprint density at radius 3 is 2.62 bits per heavy atom. The van der Waals surface area contributed by atoms with Crippen molar-refractivity contribution in [2.75, 3.05) is 0 Å². The van der Waals surface area contributed by atoms with Gasteiger partial charge in [-0.1, -0.05) is 28.1 Å². The largest absolute Gasteiger partial charge is 0.300 e. The van der Waals surface area contributed by atoms with Crippen LogP contribution >= 0.6 is 15.9 Å². The number of hydrogen-bond acceptors (Lipinski definition) is 1. The molecule has 0 aliphatic rings. The van der Waals surface area contributed by atoms with Crippen molar-refractivity contribution in [2.24, 2.45) is 0 Å². The second kappa shape index (κ2) is 3.96. The maximum atomic E-state index is 12.1. The van der Waals surface area contributed by atoms with Gasteiger partial charge in [-0.15, -0.1) is 0 Å². The third kappa shape index (κ3) is 2.12. The zero-order valence-corrected chi connectivity index (χ0v) is 8.44. The third-order valence-electron chi connectivity index (χ3n) is 1.73. The number of rotatable bonds is 2. The zero-order valence-electron chi connectivity index (χ0n) is 6.85. The Kier molecular flexibility index (Phi) is 3.14. The number of ketones is 1. The van der Waals surface area contributed by atoms with Crippen LogP contribution in [-0.2, 0) is 0 Å². The van der Waals surface area contributed by atoms with Crippen molar-refractivity contribution in [1.82, 2.24) is 0 Å². The molecule has 1 nitrogen and oxygen atoms in total. The smallest absolute Gasteiger partial charge is 0.288 e. The van der Waals surface area contributed by atoms with Crippen molar-refractivity contribution in [3.63, 3.8) is 0 Å². The summed E-state index contributed by atoms with van der Waals surface area (Å²) in [6.45, 7) is 1.62. The normalized spacial score (nSPS) is 10.5. The maximum absolute atomic E-state index is 12.1. The molecule has 0 bridgehead atoms. The lowest BCUT2D eigenvalue weighted by Crippen LogP contribution is -2.11. The van der Waals surface area contributed by atoms with Gasteiger partial charge < -0.3 is 0 Å². The Morgan fingerprint density at radius 2 is 2.08 bits per heavy atom. The maximum Gasteiger partial charge on any atom is 0.300 e. The van der Waals surface area contributed by atoms with Crippen LogP contribution in [0.4, 0.5) is 8.78 Å². The van der Waals surface area contributed by atoms with E-state index < -0.39 is 12.2 Å². The Bertz CT molecular complexity index is 336. The summed E-state index contributed by atoms with van der Waals surface area (Å²) in [4.78, 5) is 10.9. The molecule has 0 heterocycles. The van der Waals surface area contributed by atoms with E-state index in [0.29, 0.717) is 10.0 Å². The van der Waals surface area contributed by atoms with Crippen molar-refractivity contribution in [2.45, 2.75) is 13.3 Å². The van der Waals surface area contributed by atoms with Crippen LogP contribution in [0.25, 0.3) is 0 Å². The van der Waals surface area contributed by atoms with E-state index in [9.17, 15) is 13.6 Å². The molecular weight excluding hydrogens is 242 g/mol. The van der Waals surface area contributed by atoms with Crippen LogP contribution in [0.2, 0.25) is 0 Å². The monoisotopic (exact) mass is 248 g/mol. The number of carbonyl (C=O) groups is 1. The molecule has 0 aliphatic carbocycles. The van der Waals surface area contributed by atoms with Gasteiger partial charge in [0.25, 0.3) is 0 Å². The average Bonchev–Trinajstić information content (AvgIpc) is 2.08. The van der Waals surface area contributed by atoms with Crippen molar-refractivity contribution in [1.29, 1.82) is 0 Å². The summed E-state index contributed by atoms with van der Waals surface area (Å²) in [7, 11) is 0. The Labute approximate surface area is 82.9 Å². The Balaban J connectivity index is 3.15. The fourth-order valence-corrected chi connectivity index (χ4v) is 1.36. The molecule has 0 atom stereocenters. The lowest BCUT2D eigenvalue weighted by atomic mass is 10.1. The highest BCUT2D eigenvalue weighted by Gasteiger charge is 2.19. The van der Waals surface area contributed by atoms with Gasteiger partial charge in [-0.25, -0.2) is 8.78 Å². The molecule has 0 fully saturated rings. The van der Waals surface area contributed by atoms with Gasteiger partial charge in [0.05, 0.1) is 0 Å². The highest BCUT2D eigenvalue weighted by atomic mass is 79.9. The predicted octanol–water partition coefficient (Wildman–Crippen LogP) is 3.21. The van der Waals surface area contributed by atoms with E-state index in [1.54, 1.807) is 19.1 Å². The van der Waals surface area contributed by atoms with Gasteiger partial charge in [0.1, 0.15) is 0 Å². The molecule has 0 N–H and O–H groups in total. The second-order valence-electron chi connectivity index (χ2n) is 2.58. The molecule has 0 radical (unpaired) electrons. The van der Waals surface area contributed by atoms with Gasteiger partial charge in [-0.2, -0.15) is 0 Å². The van der Waals surface area contributed by atoms with Crippen LogP contribution < -0.4 is 0 Å². The minimum atomic E-state index is -2.94. The summed E-state index contributed by atoms with van der Waals surface area (Å²) in [5, 5.41) is 0. The molecule has 0 unspecified atom stereocenters. The summed E-state index contributed by atoms with van der Waals surface area (Å²) in [5.41, 5.74) is 0.622. The Hall–Kier alpha value is -0.770. The number of benzene rings is 1. The van der Waals surface area contributed by atoms with Crippen LogP contribution in [0.3, 0.4) is 0 Å². The van der Waals surface area contributed by atoms with Crippen molar-refractivity contribution in [3.05, 3.63) is 33.8 Å². The van der Waals surface area contributed by atoms with Crippen molar-refractivity contribution >= 4 is 21.7 Å². The molecule has 0 aromatic heterocycles. The lowest BCUT2D eigenvalue weighted by Gasteiger charge is -2.05. The first-order valence-electron chi connectivity index (χ1n) is 3.61. The molecule has 1 aromatic carbocycles. The van der Waals surface area contributed by atoms with Gasteiger partial charge in [-0.05, 0) is 18.6 Å². The SMILES string of the molecule is Cc1c(Br)cccc1C(=O)C(F)F. The first-order valence-corrected chi connectivity index (χ1v) is 4.41. The van der Waals surface area contributed by atoms with Crippen LogP contribution in [0.1, 0.15) is 15.9 Å². The highest BCUT2D eigenvalue weighted by molar-refractivity contribution is 9.10. The van der Waals surface area contributed by atoms with E-state index in [2.05, 4.69) is 15.9 Å². The number of hydrogen-bond donors (Lipinski definition) is 0. The van der Waals surface area contributed by atoms with Crippen LogP contribution in [0.5, 0.6) is 0 Å². The molecule has 0 saturated heterocycles. The van der Waals surface area contributed by atoms with Gasteiger partial charge in [0, 0.05) is 10.0 Å². The summed E-state index contributed by atoms with van der Waals surface area (Å²) in [6, 6.07) is 4.67. The van der Waals surface area contributed by atoms with E-state index in [1.165, 1.54) is 6.07 Å². The fraction of sp³-hybridized carbons (Fsp3) is 0.222. The van der Waals surface area contributed by atoms with Gasteiger partial charge in [0.2, 0.25) is 5.78 Å². The molecule has 70 valence electrons. The van der Waals surface area contributed by atoms with Gasteiger partial charge >= 0.3 is 6.43 Å². The van der Waals surface area contributed by atoms with Crippen LogP contribution in [0, 0.1) is 6.92 Å². The van der Waals surface area contributed by atoms with E-state index >= 15 is 0 Å². The topological polar surface area (TPSA) is 17.1 Å². The molecule has 0 spiro atoms. The molecular formula is C9H7BrF2O. The van der Waals surface area contributed by atoms with E-state index in [0.717, 1.165) is 0 Å². The van der Waals surface area contributed by atoms with E-state index in [-0.39, 0.29) is 5.56 Å². The van der Waals surface area contributed by atoms with E-state index in [4.69, 9.17) is 0 Å². The molecule has 4 heteroatoms. The van der Waals surface area contributed by atoms with Crippen molar-refractivity contribution < 1.29 is 13.6 Å². The van der Waals surface area contributed by atoms with Crippen molar-refractivity contribution in [3.8, 4) is 0 Å². The molecule has 1 aromatic rings. The first-order chi connectivity index (χ1) is 6.04. The first kappa shape index (κ1) is 10.3. The summed E-state index contributed by atoms with van der Waals surface area (Å²) in [5.74, 6) is -1.13. The third-order valence-corrected chi connectivity index (χ3v) is 2.59. The summed E-state index contributed by atoms with van der Waals surface area (Å²) < 4.78 is 24.8. The standard InChI is InChI=1S/C9H7BrF2O/c1-5-6(8(13)9(11)12)3-2-4-7(5)10/h2-4,9H,1H3. The predicted molar refractivity (Wildman–Crippen MR) is 49.2 cm³/mol. The summed E-state index contributed by atoms with van der Waals surface area (Å²) >= 11 is 3.17. The minimum absolute atomic E-state index is 0.0735. The number of Topliss-reactive ketones (excluding diaryl/α,β-unsaturated/α-hetero) is 1. The molecule has 1 rings (SSSR count). The van der Waals surface area contributed by atoms with Gasteiger partial charge in [0.15, 0.2) is 0 Å². The van der Waals surface area contributed by atoms with E-state index in [1.807, 2.05) is 0 Å². The Morgan fingerprint density at radius 1 is 1.46 bits per heavy atom. The number of carbonyl (C=O) groups excluding carboxylic acids is 1. The average molecular weight is 249 g/mol. The second-order valence-corrected chi connectivity index (χ2v) is 3.43. The lowest BCUT2D eigenvalue weighted by molar-refractivity contribution is 0.0678. The van der Waals surface area contributed by atoms with Crippen LogP contribution in [-0.4, -0.2) is 12.2 Å². The van der Waals surface area contributed by atoms with Gasteiger partial charge in [-0.3, -0.25) is 4.79 Å². The number of halogens is 3. The van der Waals surface area contributed by atoms with Crippen LogP contribution in [0.15, 0.2) is 22.7 Å². The number of alkyl halides is 2. The zero-order chi connectivity index (χ0) is 10.0. The molecule has 13 heavy (non-hydrogen) atoms.